The molecule has 2 aromatic heterocycles. The van der Waals surface area contributed by atoms with Crippen molar-refractivity contribution in [3.8, 4) is 0 Å². The van der Waals surface area contributed by atoms with Gasteiger partial charge in [-0.25, -0.2) is 9.48 Å². The quantitative estimate of drug-likeness (QED) is 0.793. The minimum atomic E-state index is -0.312. The van der Waals surface area contributed by atoms with Crippen LogP contribution in [0.5, 0.6) is 0 Å². The van der Waals surface area contributed by atoms with E-state index in [9.17, 15) is 9.59 Å². The topological polar surface area (TPSA) is 115 Å². The predicted octanol–water partition coefficient (Wildman–Crippen LogP) is 0.802. The Morgan fingerprint density at radius 1 is 1.41 bits per heavy atom. The molecule has 3 heterocycles. The van der Waals surface area contributed by atoms with Crippen LogP contribution in [0.4, 0.5) is 16.2 Å². The first-order chi connectivity index (χ1) is 12.9. The first-order valence-electron chi connectivity index (χ1n) is 8.81. The highest BCUT2D eigenvalue weighted by molar-refractivity contribution is 5.90. The second-order valence-corrected chi connectivity index (χ2v) is 6.48. The Morgan fingerprint density at radius 3 is 2.93 bits per heavy atom. The average molecular weight is 376 g/mol. The van der Waals surface area contributed by atoms with Crippen LogP contribution in [0.25, 0.3) is 0 Å². The zero-order valence-electron chi connectivity index (χ0n) is 15.7. The Morgan fingerprint density at radius 2 is 2.22 bits per heavy atom. The fraction of sp³-hybridized carbons (Fsp3) is 0.529. The summed E-state index contributed by atoms with van der Waals surface area (Å²) in [4.78, 5) is 25.9. The molecule has 2 amide bonds. The van der Waals surface area contributed by atoms with Crippen LogP contribution in [0.3, 0.4) is 0 Å². The highest BCUT2D eigenvalue weighted by atomic mass is 16.5. The number of nitrogens with zero attached hydrogens (tertiary/aromatic N) is 4. The highest BCUT2D eigenvalue weighted by Crippen LogP contribution is 2.18. The molecule has 10 nitrogen and oxygen atoms in total. The van der Waals surface area contributed by atoms with Crippen molar-refractivity contribution in [1.82, 2.24) is 20.3 Å². The van der Waals surface area contributed by atoms with Gasteiger partial charge in [0.2, 0.25) is 0 Å². The smallest absolute Gasteiger partial charge is 0.319 e. The SMILES string of the molecule is Cc1noc(C)c1NC(=O)NCC[C@H]1CN(c2cnn(C)c(=O)c2)CCO1. The molecule has 2 N–H and O–H groups in total. The Balaban J connectivity index is 1.47. The van der Waals surface area contributed by atoms with E-state index in [2.05, 4.69) is 25.8 Å². The number of rotatable bonds is 5. The summed E-state index contributed by atoms with van der Waals surface area (Å²) in [5, 5.41) is 13.4. The van der Waals surface area contributed by atoms with Crippen LogP contribution in [0.15, 0.2) is 21.6 Å². The molecule has 0 radical (unpaired) electrons. The van der Waals surface area contributed by atoms with E-state index in [1.165, 1.54) is 4.68 Å². The number of amides is 2. The average Bonchev–Trinajstić information content (AvgIpc) is 2.96. The van der Waals surface area contributed by atoms with E-state index in [4.69, 9.17) is 9.26 Å². The number of hydrogen-bond acceptors (Lipinski definition) is 7. The number of hydrogen-bond donors (Lipinski definition) is 2. The van der Waals surface area contributed by atoms with Crippen LogP contribution in [-0.2, 0) is 11.8 Å². The van der Waals surface area contributed by atoms with Crippen molar-refractivity contribution in [2.75, 3.05) is 36.5 Å². The van der Waals surface area contributed by atoms with E-state index in [1.54, 1.807) is 33.2 Å². The van der Waals surface area contributed by atoms with Gasteiger partial charge < -0.3 is 24.8 Å². The van der Waals surface area contributed by atoms with Crippen molar-refractivity contribution >= 4 is 17.4 Å². The van der Waals surface area contributed by atoms with Gasteiger partial charge in [-0.05, 0) is 20.3 Å². The Hall–Kier alpha value is -2.88. The summed E-state index contributed by atoms with van der Waals surface area (Å²) in [6.45, 7) is 5.87. The molecule has 0 bridgehead atoms. The third kappa shape index (κ3) is 4.64. The van der Waals surface area contributed by atoms with Gasteiger partial charge in [0.05, 0.1) is 24.6 Å². The molecule has 0 aromatic carbocycles. The second kappa shape index (κ2) is 8.21. The maximum atomic E-state index is 12.0. The number of aromatic nitrogens is 3. The van der Waals surface area contributed by atoms with Crippen LogP contribution in [0, 0.1) is 13.8 Å². The summed E-state index contributed by atoms with van der Waals surface area (Å²) in [7, 11) is 1.62. The molecular formula is C17H24N6O4. The lowest BCUT2D eigenvalue weighted by Crippen LogP contribution is -2.44. The molecule has 1 aliphatic rings. The molecule has 0 spiro atoms. The maximum absolute atomic E-state index is 12.0. The molecule has 1 saturated heterocycles. The molecule has 27 heavy (non-hydrogen) atoms. The van der Waals surface area contributed by atoms with E-state index in [1.807, 2.05) is 0 Å². The van der Waals surface area contributed by atoms with Crippen LogP contribution in [0.1, 0.15) is 17.9 Å². The Bertz CT molecular complexity index is 842. The summed E-state index contributed by atoms with van der Waals surface area (Å²) in [6, 6.07) is 1.26. The molecule has 3 rings (SSSR count). The summed E-state index contributed by atoms with van der Waals surface area (Å²) in [6.07, 6.45) is 2.30. The standard InChI is InChI=1S/C17H24N6O4/c1-11-16(12(2)27-21-11)20-17(25)18-5-4-14-10-23(6-7-26-14)13-8-15(24)22(3)19-9-13/h8-9,14H,4-7,10H2,1-3H3,(H2,18,20,25)/t14-/m0/s1. The lowest BCUT2D eigenvalue weighted by Gasteiger charge is -2.34. The molecule has 2 aromatic rings. The van der Waals surface area contributed by atoms with E-state index in [-0.39, 0.29) is 17.7 Å². The molecule has 0 unspecified atom stereocenters. The Labute approximate surface area is 156 Å². The molecule has 10 heteroatoms. The van der Waals surface area contributed by atoms with Gasteiger partial charge in [0.1, 0.15) is 11.4 Å². The third-order valence-electron chi connectivity index (χ3n) is 4.48. The minimum absolute atomic E-state index is 0.0397. The van der Waals surface area contributed by atoms with Gasteiger partial charge in [-0.1, -0.05) is 5.16 Å². The van der Waals surface area contributed by atoms with Crippen molar-refractivity contribution < 1.29 is 14.1 Å². The first kappa shape index (κ1) is 18.9. The van der Waals surface area contributed by atoms with Gasteiger partial charge in [-0.2, -0.15) is 5.10 Å². The van der Waals surface area contributed by atoms with Crippen LogP contribution in [0.2, 0.25) is 0 Å². The molecule has 0 aliphatic carbocycles. The predicted molar refractivity (Wildman–Crippen MR) is 99.0 cm³/mol. The van der Waals surface area contributed by atoms with E-state index < -0.39 is 0 Å². The zero-order chi connectivity index (χ0) is 19.4. The van der Waals surface area contributed by atoms with E-state index in [0.29, 0.717) is 49.8 Å². The third-order valence-corrected chi connectivity index (χ3v) is 4.48. The lowest BCUT2D eigenvalue weighted by atomic mass is 10.2. The number of aryl methyl sites for hydroxylation is 3. The van der Waals surface area contributed by atoms with E-state index >= 15 is 0 Å². The maximum Gasteiger partial charge on any atom is 0.319 e. The number of carbonyl (C=O) groups excluding carboxylic acids is 1. The van der Waals surface area contributed by atoms with Crippen molar-refractivity contribution in [2.45, 2.75) is 26.4 Å². The van der Waals surface area contributed by atoms with Crippen LogP contribution >= 0.6 is 0 Å². The summed E-state index contributed by atoms with van der Waals surface area (Å²) in [5.41, 5.74) is 1.87. The number of urea groups is 1. The Kier molecular flexibility index (Phi) is 5.75. The molecular weight excluding hydrogens is 352 g/mol. The monoisotopic (exact) mass is 376 g/mol. The molecule has 1 aliphatic heterocycles. The number of anilines is 2. The normalized spacial score (nSPS) is 17.0. The summed E-state index contributed by atoms with van der Waals surface area (Å²) >= 11 is 0. The summed E-state index contributed by atoms with van der Waals surface area (Å²) < 4.78 is 12.1. The van der Waals surface area contributed by atoms with Gasteiger partial charge in [0.25, 0.3) is 5.56 Å². The fourth-order valence-corrected chi connectivity index (χ4v) is 2.93. The molecule has 146 valence electrons. The number of ether oxygens (including phenoxy) is 1. The van der Waals surface area contributed by atoms with Crippen molar-refractivity contribution in [2.24, 2.45) is 7.05 Å². The van der Waals surface area contributed by atoms with Crippen molar-refractivity contribution in [1.29, 1.82) is 0 Å². The van der Waals surface area contributed by atoms with Crippen molar-refractivity contribution in [3.05, 3.63) is 34.1 Å². The van der Waals surface area contributed by atoms with E-state index in [0.717, 1.165) is 5.69 Å². The van der Waals surface area contributed by atoms with Gasteiger partial charge in [-0.3, -0.25) is 4.79 Å². The number of carbonyl (C=O) groups is 1. The lowest BCUT2D eigenvalue weighted by molar-refractivity contribution is 0.0359. The highest BCUT2D eigenvalue weighted by Gasteiger charge is 2.21. The van der Waals surface area contributed by atoms with Crippen LogP contribution in [-0.4, -0.2) is 53.3 Å². The minimum Gasteiger partial charge on any atom is -0.374 e. The molecule has 1 fully saturated rings. The zero-order valence-corrected chi connectivity index (χ0v) is 15.7. The van der Waals surface area contributed by atoms with Crippen molar-refractivity contribution in [3.63, 3.8) is 0 Å². The van der Waals surface area contributed by atoms with Gasteiger partial charge in [-0.15, -0.1) is 0 Å². The fourth-order valence-electron chi connectivity index (χ4n) is 2.93. The molecule has 1 atom stereocenters. The van der Waals surface area contributed by atoms with Gasteiger partial charge in [0, 0.05) is 32.7 Å². The second-order valence-electron chi connectivity index (χ2n) is 6.48. The first-order valence-corrected chi connectivity index (χ1v) is 8.81. The number of morpholine rings is 1. The molecule has 0 saturated carbocycles. The van der Waals surface area contributed by atoms with Gasteiger partial charge >= 0.3 is 6.03 Å². The summed E-state index contributed by atoms with van der Waals surface area (Å²) in [5.74, 6) is 0.566. The number of nitrogens with one attached hydrogen (secondary N) is 2. The van der Waals surface area contributed by atoms with Crippen LogP contribution < -0.4 is 21.1 Å². The van der Waals surface area contributed by atoms with Gasteiger partial charge in [0.15, 0.2) is 5.76 Å². The largest absolute Gasteiger partial charge is 0.374 e.